The van der Waals surface area contributed by atoms with Gasteiger partial charge in [-0.05, 0) is 30.7 Å². The molecule has 114 valence electrons. The lowest BCUT2D eigenvalue weighted by Gasteiger charge is -2.05. The second-order valence-electron chi connectivity index (χ2n) is 5.17. The molecule has 6 heteroatoms. The highest BCUT2D eigenvalue weighted by Gasteiger charge is 2.08. The average Bonchev–Trinajstić information content (AvgIpc) is 2.85. The van der Waals surface area contributed by atoms with Crippen molar-refractivity contribution in [2.75, 3.05) is 6.54 Å². The van der Waals surface area contributed by atoms with Crippen molar-refractivity contribution in [1.82, 2.24) is 10.5 Å². The molecule has 0 saturated heterocycles. The van der Waals surface area contributed by atoms with Gasteiger partial charge in [-0.1, -0.05) is 30.6 Å². The van der Waals surface area contributed by atoms with E-state index in [2.05, 4.69) is 24.3 Å². The van der Waals surface area contributed by atoms with Crippen LogP contribution in [0, 0.1) is 11.7 Å². The van der Waals surface area contributed by atoms with Gasteiger partial charge in [-0.3, -0.25) is 0 Å². The first-order valence-electron chi connectivity index (χ1n) is 6.77. The van der Waals surface area contributed by atoms with Crippen LogP contribution in [-0.2, 0) is 13.2 Å². The van der Waals surface area contributed by atoms with E-state index in [4.69, 9.17) is 20.9 Å². The molecule has 0 fully saturated rings. The van der Waals surface area contributed by atoms with Gasteiger partial charge >= 0.3 is 0 Å². The van der Waals surface area contributed by atoms with Crippen molar-refractivity contribution >= 4 is 11.6 Å². The predicted molar refractivity (Wildman–Crippen MR) is 78.8 cm³/mol. The second-order valence-corrected chi connectivity index (χ2v) is 5.58. The van der Waals surface area contributed by atoms with Gasteiger partial charge in [-0.15, -0.1) is 0 Å². The number of nitrogens with zero attached hydrogens (tertiary/aromatic N) is 1. The Labute approximate surface area is 128 Å². The van der Waals surface area contributed by atoms with Crippen molar-refractivity contribution in [2.45, 2.75) is 27.0 Å². The van der Waals surface area contributed by atoms with Crippen molar-refractivity contribution < 1.29 is 13.7 Å². The number of hydrogen-bond donors (Lipinski definition) is 1. The van der Waals surface area contributed by atoms with Gasteiger partial charge in [0.15, 0.2) is 5.76 Å². The molecule has 0 aliphatic heterocycles. The van der Waals surface area contributed by atoms with Crippen molar-refractivity contribution in [3.05, 3.63) is 46.6 Å². The van der Waals surface area contributed by atoms with Gasteiger partial charge in [0.2, 0.25) is 0 Å². The molecule has 1 N–H and O–H groups in total. The van der Waals surface area contributed by atoms with E-state index >= 15 is 0 Å². The van der Waals surface area contributed by atoms with Gasteiger partial charge in [0, 0.05) is 12.6 Å². The summed E-state index contributed by atoms with van der Waals surface area (Å²) in [6, 6.07) is 5.81. The van der Waals surface area contributed by atoms with Gasteiger partial charge in [0.1, 0.15) is 18.2 Å². The summed E-state index contributed by atoms with van der Waals surface area (Å²) >= 11 is 5.88. The number of nitrogens with one attached hydrogen (secondary N) is 1. The Balaban J connectivity index is 1.85. The number of aromatic nitrogens is 1. The smallest absolute Gasteiger partial charge is 0.174 e. The first kappa shape index (κ1) is 15.8. The summed E-state index contributed by atoms with van der Waals surface area (Å²) in [6.45, 7) is 6.05. The highest BCUT2D eigenvalue weighted by Crippen LogP contribution is 2.25. The lowest BCUT2D eigenvalue weighted by Crippen LogP contribution is -2.19. The van der Waals surface area contributed by atoms with Crippen LogP contribution < -0.4 is 10.1 Å². The first-order chi connectivity index (χ1) is 10.0. The summed E-state index contributed by atoms with van der Waals surface area (Å²) < 4.78 is 23.6. The molecule has 0 unspecified atom stereocenters. The lowest BCUT2D eigenvalue weighted by atomic mass is 10.2. The van der Waals surface area contributed by atoms with E-state index in [0.717, 1.165) is 12.2 Å². The maximum atomic E-state index is 12.9. The normalized spacial score (nSPS) is 11.1. The second kappa shape index (κ2) is 7.43. The number of halogens is 2. The molecular formula is C15H18ClFN2O2. The maximum Gasteiger partial charge on any atom is 0.174 e. The van der Waals surface area contributed by atoms with E-state index in [0.29, 0.717) is 24.0 Å². The monoisotopic (exact) mass is 312 g/mol. The Bertz CT molecular complexity index is 587. The van der Waals surface area contributed by atoms with Crippen LogP contribution in [0.5, 0.6) is 5.75 Å². The van der Waals surface area contributed by atoms with Crippen LogP contribution in [0.4, 0.5) is 4.39 Å². The summed E-state index contributed by atoms with van der Waals surface area (Å²) in [6.07, 6.45) is 0. The maximum absolute atomic E-state index is 12.9. The topological polar surface area (TPSA) is 47.3 Å². The van der Waals surface area contributed by atoms with Gasteiger partial charge < -0.3 is 14.6 Å². The van der Waals surface area contributed by atoms with E-state index in [1.54, 1.807) is 0 Å². The van der Waals surface area contributed by atoms with Gasteiger partial charge in [-0.2, -0.15) is 0 Å². The summed E-state index contributed by atoms with van der Waals surface area (Å²) in [5.41, 5.74) is 0.819. The Morgan fingerprint density at radius 2 is 2.19 bits per heavy atom. The zero-order chi connectivity index (χ0) is 15.2. The molecule has 0 spiro atoms. The van der Waals surface area contributed by atoms with Crippen LogP contribution in [0.1, 0.15) is 25.3 Å². The van der Waals surface area contributed by atoms with Crippen molar-refractivity contribution in [3.8, 4) is 5.75 Å². The molecule has 0 radical (unpaired) electrons. The zero-order valence-electron chi connectivity index (χ0n) is 12.0. The van der Waals surface area contributed by atoms with Crippen molar-refractivity contribution in [2.24, 2.45) is 5.92 Å². The summed E-state index contributed by atoms with van der Waals surface area (Å²) in [5.74, 6) is 1.19. The van der Waals surface area contributed by atoms with Gasteiger partial charge in [0.05, 0.1) is 10.7 Å². The Morgan fingerprint density at radius 1 is 1.38 bits per heavy atom. The quantitative estimate of drug-likeness (QED) is 0.845. The Morgan fingerprint density at radius 3 is 2.90 bits per heavy atom. The molecule has 0 aliphatic carbocycles. The molecule has 0 bridgehead atoms. The zero-order valence-corrected chi connectivity index (χ0v) is 12.8. The Hall–Kier alpha value is -1.59. The molecule has 0 saturated carbocycles. The first-order valence-corrected chi connectivity index (χ1v) is 7.15. The van der Waals surface area contributed by atoms with E-state index in [1.165, 1.54) is 18.2 Å². The SMILES string of the molecule is CC(C)CNCc1cc(COc2ccc(F)cc2Cl)on1. The number of rotatable bonds is 7. The van der Waals surface area contributed by atoms with Crippen LogP contribution in [0.2, 0.25) is 5.02 Å². The highest BCUT2D eigenvalue weighted by molar-refractivity contribution is 6.32. The van der Waals surface area contributed by atoms with Crippen LogP contribution in [0.3, 0.4) is 0 Å². The van der Waals surface area contributed by atoms with E-state index < -0.39 is 5.82 Å². The van der Waals surface area contributed by atoms with E-state index in [1.807, 2.05) is 6.07 Å². The molecule has 1 heterocycles. The molecule has 0 atom stereocenters. The molecule has 21 heavy (non-hydrogen) atoms. The average molecular weight is 313 g/mol. The third-order valence-electron chi connectivity index (χ3n) is 2.73. The van der Waals surface area contributed by atoms with Crippen molar-refractivity contribution in [1.29, 1.82) is 0 Å². The number of benzene rings is 1. The van der Waals surface area contributed by atoms with Crippen LogP contribution in [-0.4, -0.2) is 11.7 Å². The van der Waals surface area contributed by atoms with Crippen LogP contribution >= 0.6 is 11.6 Å². The largest absolute Gasteiger partial charge is 0.484 e. The predicted octanol–water partition coefficient (Wildman–Crippen LogP) is 3.79. The fourth-order valence-corrected chi connectivity index (χ4v) is 1.96. The van der Waals surface area contributed by atoms with Crippen LogP contribution in [0.15, 0.2) is 28.8 Å². The molecule has 0 amide bonds. The minimum absolute atomic E-state index is 0.197. The Kier molecular flexibility index (Phi) is 5.59. The summed E-state index contributed by atoms with van der Waals surface area (Å²) in [7, 11) is 0. The molecule has 2 aromatic rings. The summed E-state index contributed by atoms with van der Waals surface area (Å²) in [4.78, 5) is 0. The molecule has 1 aromatic heterocycles. The van der Waals surface area contributed by atoms with Gasteiger partial charge in [0.25, 0.3) is 0 Å². The van der Waals surface area contributed by atoms with E-state index in [-0.39, 0.29) is 11.6 Å². The molecule has 2 rings (SSSR count). The number of ether oxygens (including phenoxy) is 1. The minimum Gasteiger partial charge on any atom is -0.484 e. The lowest BCUT2D eigenvalue weighted by molar-refractivity contribution is 0.248. The summed E-state index contributed by atoms with van der Waals surface area (Å²) in [5, 5.41) is 7.46. The number of hydrogen-bond acceptors (Lipinski definition) is 4. The molecule has 4 nitrogen and oxygen atoms in total. The third-order valence-corrected chi connectivity index (χ3v) is 3.03. The van der Waals surface area contributed by atoms with Gasteiger partial charge in [-0.25, -0.2) is 4.39 Å². The molecular weight excluding hydrogens is 295 g/mol. The fourth-order valence-electron chi connectivity index (χ4n) is 1.74. The third kappa shape index (κ3) is 5.02. The standard InChI is InChI=1S/C15H18ClFN2O2/c1-10(2)7-18-8-12-6-13(21-19-12)9-20-15-4-3-11(17)5-14(15)16/h3-6,10,18H,7-9H2,1-2H3. The fraction of sp³-hybridized carbons (Fsp3) is 0.400. The highest BCUT2D eigenvalue weighted by atomic mass is 35.5. The molecule has 1 aromatic carbocycles. The van der Waals surface area contributed by atoms with E-state index in [9.17, 15) is 4.39 Å². The minimum atomic E-state index is -0.398. The van der Waals surface area contributed by atoms with Crippen molar-refractivity contribution in [3.63, 3.8) is 0 Å². The van der Waals surface area contributed by atoms with Crippen LogP contribution in [0.25, 0.3) is 0 Å². The molecule has 0 aliphatic rings.